The topological polar surface area (TPSA) is 75.9 Å². The van der Waals surface area contributed by atoms with Gasteiger partial charge < -0.3 is 19.4 Å². The number of ether oxygens (including phenoxy) is 1. The van der Waals surface area contributed by atoms with Crippen molar-refractivity contribution >= 4 is 29.1 Å². The molecule has 8 heteroatoms. The summed E-state index contributed by atoms with van der Waals surface area (Å²) in [5.41, 5.74) is 1.98. The minimum Gasteiger partial charge on any atom is -0.496 e. The maximum absolute atomic E-state index is 12.9. The summed E-state index contributed by atoms with van der Waals surface area (Å²) in [6, 6.07) is 8.78. The Morgan fingerprint density at radius 3 is 2.79 bits per heavy atom. The van der Waals surface area contributed by atoms with Crippen molar-refractivity contribution in [1.29, 1.82) is 0 Å². The second-order valence-corrected chi connectivity index (χ2v) is 8.88. The van der Waals surface area contributed by atoms with Crippen LogP contribution in [0.5, 0.6) is 5.75 Å². The van der Waals surface area contributed by atoms with Crippen molar-refractivity contribution in [2.24, 2.45) is 5.92 Å². The zero-order valence-electron chi connectivity index (χ0n) is 18.8. The normalized spacial score (nSPS) is 14.4. The van der Waals surface area contributed by atoms with Gasteiger partial charge in [0, 0.05) is 43.2 Å². The first kappa shape index (κ1) is 23.1. The van der Waals surface area contributed by atoms with Crippen molar-refractivity contribution in [3.05, 3.63) is 65.1 Å². The van der Waals surface area contributed by atoms with Crippen molar-refractivity contribution in [1.82, 2.24) is 19.6 Å². The van der Waals surface area contributed by atoms with E-state index in [-0.39, 0.29) is 11.8 Å². The predicted octanol–water partition coefficient (Wildman–Crippen LogP) is 4.45. The number of hydrogen-bond donors (Lipinski definition) is 1. The summed E-state index contributed by atoms with van der Waals surface area (Å²) < 4.78 is 7.17. The molecule has 4 rings (SSSR count). The lowest BCUT2D eigenvalue weighted by Crippen LogP contribution is -2.38. The summed E-state index contributed by atoms with van der Waals surface area (Å²) in [7, 11) is 1.56. The summed E-state index contributed by atoms with van der Waals surface area (Å²) in [6.07, 6.45) is 10.4. The van der Waals surface area contributed by atoms with E-state index in [0.717, 1.165) is 50.8 Å². The van der Waals surface area contributed by atoms with Gasteiger partial charge in [0.15, 0.2) is 0 Å². The summed E-state index contributed by atoms with van der Waals surface area (Å²) in [5, 5.41) is 3.53. The Morgan fingerprint density at radius 2 is 2.00 bits per heavy atom. The summed E-state index contributed by atoms with van der Waals surface area (Å²) in [5.74, 6) is 1.08. The van der Waals surface area contributed by atoms with E-state index in [0.29, 0.717) is 34.4 Å². The number of benzene rings is 1. The number of hydrogen-bond acceptors (Lipinski definition) is 4. The number of nitrogens with one attached hydrogen (secondary N) is 1. The van der Waals surface area contributed by atoms with Crippen molar-refractivity contribution in [2.75, 3.05) is 26.7 Å². The second-order valence-electron chi connectivity index (χ2n) is 8.44. The average molecular weight is 469 g/mol. The van der Waals surface area contributed by atoms with Crippen LogP contribution in [0.25, 0.3) is 5.65 Å². The molecule has 0 spiro atoms. The van der Waals surface area contributed by atoms with Gasteiger partial charge in [0.25, 0.3) is 11.8 Å². The van der Waals surface area contributed by atoms with E-state index in [4.69, 9.17) is 16.3 Å². The van der Waals surface area contributed by atoms with Gasteiger partial charge in [-0.3, -0.25) is 9.59 Å². The van der Waals surface area contributed by atoms with Crippen molar-refractivity contribution in [3.8, 4) is 5.75 Å². The van der Waals surface area contributed by atoms with Gasteiger partial charge in [-0.2, -0.15) is 0 Å². The minimum atomic E-state index is -0.0612. The van der Waals surface area contributed by atoms with E-state index in [1.54, 1.807) is 43.8 Å². The fraction of sp³-hybridized carbons (Fsp3) is 0.400. The van der Waals surface area contributed by atoms with E-state index < -0.39 is 0 Å². The first-order valence-corrected chi connectivity index (χ1v) is 11.8. The standard InChI is InChI=1S/C25H29ClN4O3/c1-33-22-7-6-20(26)16-21(22)25(32)29-13-9-18(10-14-29)4-2-3-11-28-24(31)19-5-8-23-27-12-15-30(23)17-19/h5-8,12,15-18H,2-4,9-11,13-14H2,1H3,(H,28,31). The van der Waals surface area contributed by atoms with Gasteiger partial charge in [-0.1, -0.05) is 24.4 Å². The maximum atomic E-state index is 12.9. The number of carbonyl (C=O) groups is 2. The number of rotatable bonds is 8. The van der Waals surface area contributed by atoms with Gasteiger partial charge >= 0.3 is 0 Å². The van der Waals surface area contributed by atoms with Crippen LogP contribution >= 0.6 is 11.6 Å². The van der Waals surface area contributed by atoms with Crippen LogP contribution in [0.4, 0.5) is 0 Å². The monoisotopic (exact) mass is 468 g/mol. The molecule has 1 aromatic carbocycles. The summed E-state index contributed by atoms with van der Waals surface area (Å²) in [4.78, 5) is 31.4. The zero-order chi connectivity index (χ0) is 23.2. The number of piperidine rings is 1. The molecule has 174 valence electrons. The number of carbonyl (C=O) groups excluding carboxylic acids is 2. The summed E-state index contributed by atoms with van der Waals surface area (Å²) >= 11 is 6.08. The lowest BCUT2D eigenvalue weighted by Gasteiger charge is -2.32. The lowest BCUT2D eigenvalue weighted by atomic mass is 9.91. The maximum Gasteiger partial charge on any atom is 0.257 e. The van der Waals surface area contributed by atoms with Crippen molar-refractivity contribution in [2.45, 2.75) is 32.1 Å². The van der Waals surface area contributed by atoms with Gasteiger partial charge in [-0.25, -0.2) is 4.98 Å². The first-order chi connectivity index (χ1) is 16.0. The number of halogens is 1. The molecule has 0 unspecified atom stereocenters. The quantitative estimate of drug-likeness (QED) is 0.495. The number of methoxy groups -OCH3 is 1. The molecular weight excluding hydrogens is 440 g/mol. The highest BCUT2D eigenvalue weighted by Crippen LogP contribution is 2.28. The summed E-state index contributed by atoms with van der Waals surface area (Å²) in [6.45, 7) is 2.14. The average Bonchev–Trinajstić information content (AvgIpc) is 3.31. The molecule has 2 amide bonds. The third-order valence-corrected chi connectivity index (χ3v) is 6.50. The van der Waals surface area contributed by atoms with Crippen molar-refractivity contribution in [3.63, 3.8) is 0 Å². The zero-order valence-corrected chi connectivity index (χ0v) is 19.6. The molecule has 0 bridgehead atoms. The Morgan fingerprint density at radius 1 is 1.18 bits per heavy atom. The lowest BCUT2D eigenvalue weighted by molar-refractivity contribution is 0.0682. The highest BCUT2D eigenvalue weighted by Gasteiger charge is 2.25. The van der Waals surface area contributed by atoms with Gasteiger partial charge in [-0.15, -0.1) is 0 Å². The van der Waals surface area contributed by atoms with E-state index in [1.165, 1.54) is 0 Å². The van der Waals surface area contributed by atoms with Crippen LogP contribution in [0.1, 0.15) is 52.8 Å². The highest BCUT2D eigenvalue weighted by molar-refractivity contribution is 6.31. The van der Waals surface area contributed by atoms with Crippen LogP contribution in [0, 0.1) is 5.92 Å². The molecule has 2 aromatic heterocycles. The number of likely N-dealkylation sites (tertiary alicyclic amines) is 1. The number of aromatic nitrogens is 2. The fourth-order valence-electron chi connectivity index (χ4n) is 4.36. The molecule has 3 aromatic rings. The molecule has 0 radical (unpaired) electrons. The Labute approximate surface area is 198 Å². The van der Waals surface area contributed by atoms with Gasteiger partial charge in [0.1, 0.15) is 11.4 Å². The molecule has 1 N–H and O–H groups in total. The predicted molar refractivity (Wildman–Crippen MR) is 128 cm³/mol. The molecule has 1 saturated heterocycles. The Bertz CT molecular complexity index is 1120. The SMILES string of the molecule is COc1ccc(Cl)cc1C(=O)N1CCC(CCCCNC(=O)c2ccc3nccn3c2)CC1. The number of fused-ring (bicyclic) bond motifs is 1. The fourth-order valence-corrected chi connectivity index (χ4v) is 4.53. The van der Waals surface area contributed by atoms with Crippen LogP contribution < -0.4 is 10.1 Å². The molecule has 0 aliphatic carbocycles. The van der Waals surface area contributed by atoms with Gasteiger partial charge in [0.05, 0.1) is 18.2 Å². The second kappa shape index (κ2) is 10.7. The number of imidazole rings is 1. The van der Waals surface area contributed by atoms with Gasteiger partial charge in [-0.05, 0) is 55.5 Å². The molecule has 0 atom stereocenters. The smallest absolute Gasteiger partial charge is 0.257 e. The number of nitrogens with zero attached hydrogens (tertiary/aromatic N) is 3. The Hall–Kier alpha value is -3.06. The number of amides is 2. The third-order valence-electron chi connectivity index (χ3n) is 6.27. The van der Waals surface area contributed by atoms with Crippen LogP contribution in [0.2, 0.25) is 5.02 Å². The van der Waals surface area contributed by atoms with E-state index >= 15 is 0 Å². The van der Waals surface area contributed by atoms with Crippen LogP contribution in [0.15, 0.2) is 48.9 Å². The molecule has 1 aliphatic heterocycles. The number of pyridine rings is 1. The molecule has 1 aliphatic rings. The Kier molecular flexibility index (Phi) is 7.50. The molecule has 33 heavy (non-hydrogen) atoms. The van der Waals surface area contributed by atoms with Crippen LogP contribution in [0.3, 0.4) is 0 Å². The van der Waals surface area contributed by atoms with E-state index in [2.05, 4.69) is 10.3 Å². The third kappa shape index (κ3) is 5.66. The highest BCUT2D eigenvalue weighted by atomic mass is 35.5. The van der Waals surface area contributed by atoms with Crippen molar-refractivity contribution < 1.29 is 14.3 Å². The van der Waals surface area contributed by atoms with E-state index in [9.17, 15) is 9.59 Å². The molecule has 0 saturated carbocycles. The molecular formula is C25H29ClN4O3. The van der Waals surface area contributed by atoms with E-state index in [1.807, 2.05) is 21.6 Å². The van der Waals surface area contributed by atoms with Crippen LogP contribution in [-0.4, -0.2) is 52.8 Å². The number of unbranched alkanes of at least 4 members (excludes halogenated alkanes) is 1. The minimum absolute atomic E-state index is 0.0237. The molecule has 1 fully saturated rings. The molecule has 7 nitrogen and oxygen atoms in total. The van der Waals surface area contributed by atoms with Gasteiger partial charge in [0.2, 0.25) is 0 Å². The largest absolute Gasteiger partial charge is 0.496 e. The van der Waals surface area contributed by atoms with Crippen LogP contribution in [-0.2, 0) is 0 Å². The Balaban J connectivity index is 1.16. The molecule has 3 heterocycles. The first-order valence-electron chi connectivity index (χ1n) is 11.4.